The number of aldehydes is 1. The monoisotopic (exact) mass is 306 g/mol. The van der Waals surface area contributed by atoms with Gasteiger partial charge < -0.3 is 4.74 Å². The van der Waals surface area contributed by atoms with E-state index in [0.29, 0.717) is 23.2 Å². The van der Waals surface area contributed by atoms with Gasteiger partial charge in [0.15, 0.2) is 5.78 Å². The molecule has 21 heavy (non-hydrogen) atoms. The molecule has 0 radical (unpaired) electrons. The van der Waals surface area contributed by atoms with Crippen molar-refractivity contribution in [2.75, 3.05) is 6.61 Å². The highest BCUT2D eigenvalue weighted by molar-refractivity contribution is 6.32. The first kappa shape index (κ1) is 15.2. The van der Waals surface area contributed by atoms with E-state index < -0.39 is 5.82 Å². The molecule has 0 atom stereocenters. The summed E-state index contributed by atoms with van der Waals surface area (Å²) in [5, 5.41) is 0.248. The van der Waals surface area contributed by atoms with Crippen LogP contribution in [-0.2, 0) is 11.2 Å². The summed E-state index contributed by atoms with van der Waals surface area (Å²) in [7, 11) is 0. The number of halogens is 2. The van der Waals surface area contributed by atoms with Crippen LogP contribution in [0.2, 0.25) is 5.02 Å². The van der Waals surface area contributed by atoms with Gasteiger partial charge in [-0.2, -0.15) is 0 Å². The number of carbonyl (C=O) groups excluding carboxylic acids is 2. The first-order valence-corrected chi connectivity index (χ1v) is 6.60. The lowest BCUT2D eigenvalue weighted by molar-refractivity contribution is -0.120. The van der Waals surface area contributed by atoms with Gasteiger partial charge in [0.1, 0.15) is 24.5 Å². The first-order chi connectivity index (χ1) is 10.1. The molecule has 0 amide bonds. The molecule has 0 aliphatic carbocycles. The van der Waals surface area contributed by atoms with E-state index >= 15 is 0 Å². The topological polar surface area (TPSA) is 43.4 Å². The summed E-state index contributed by atoms with van der Waals surface area (Å²) in [6, 6.07) is 10.6. The number of ether oxygens (including phenoxy) is 1. The van der Waals surface area contributed by atoms with E-state index in [0.717, 1.165) is 0 Å². The molecule has 2 aromatic carbocycles. The molecule has 0 fully saturated rings. The maximum atomic E-state index is 13.4. The first-order valence-electron chi connectivity index (χ1n) is 6.23. The van der Waals surface area contributed by atoms with Crippen LogP contribution in [0, 0.1) is 5.82 Å². The number of hydrogen-bond acceptors (Lipinski definition) is 3. The molecule has 0 N–H and O–H groups in total. The van der Waals surface area contributed by atoms with Crippen molar-refractivity contribution in [3.63, 3.8) is 0 Å². The Morgan fingerprint density at radius 3 is 2.67 bits per heavy atom. The fourth-order valence-electron chi connectivity index (χ4n) is 1.77. The zero-order valence-corrected chi connectivity index (χ0v) is 11.8. The average Bonchev–Trinajstić information content (AvgIpc) is 2.48. The van der Waals surface area contributed by atoms with Gasteiger partial charge in [0, 0.05) is 12.0 Å². The molecular formula is C16H12ClFO3. The van der Waals surface area contributed by atoms with Crippen molar-refractivity contribution < 1.29 is 18.7 Å². The van der Waals surface area contributed by atoms with Crippen molar-refractivity contribution in [3.8, 4) is 5.75 Å². The lowest BCUT2D eigenvalue weighted by Gasteiger charge is -2.08. The smallest absolute Gasteiger partial charge is 0.174 e. The molecule has 5 heteroatoms. The van der Waals surface area contributed by atoms with E-state index in [9.17, 15) is 14.0 Å². The predicted molar refractivity (Wildman–Crippen MR) is 77.4 cm³/mol. The van der Waals surface area contributed by atoms with E-state index in [1.165, 1.54) is 24.3 Å². The molecule has 0 saturated heterocycles. The molecule has 0 spiro atoms. The summed E-state index contributed by atoms with van der Waals surface area (Å²) < 4.78 is 18.7. The Kier molecular flexibility index (Phi) is 5.06. The van der Waals surface area contributed by atoms with Gasteiger partial charge in [-0.1, -0.05) is 29.8 Å². The van der Waals surface area contributed by atoms with Gasteiger partial charge in [-0.05, 0) is 29.8 Å². The highest BCUT2D eigenvalue weighted by Crippen LogP contribution is 2.24. The average molecular weight is 307 g/mol. The predicted octanol–water partition coefficient (Wildman–Crippen LogP) is 3.48. The van der Waals surface area contributed by atoms with Gasteiger partial charge in [-0.15, -0.1) is 0 Å². The summed E-state index contributed by atoms with van der Waals surface area (Å²) in [5.41, 5.74) is 0.749. The zero-order valence-electron chi connectivity index (χ0n) is 11.0. The van der Waals surface area contributed by atoms with Gasteiger partial charge in [-0.3, -0.25) is 9.59 Å². The molecule has 0 unspecified atom stereocenters. The number of hydrogen-bond donors (Lipinski definition) is 0. The highest BCUT2D eigenvalue weighted by Gasteiger charge is 2.10. The fourth-order valence-corrected chi connectivity index (χ4v) is 2.01. The Morgan fingerprint density at radius 2 is 2.00 bits per heavy atom. The summed E-state index contributed by atoms with van der Waals surface area (Å²) in [6.07, 6.45) is 0.621. The second-order valence-electron chi connectivity index (χ2n) is 4.40. The van der Waals surface area contributed by atoms with Crippen LogP contribution in [-0.4, -0.2) is 18.7 Å². The maximum absolute atomic E-state index is 13.4. The van der Waals surface area contributed by atoms with Crippen LogP contribution in [0.3, 0.4) is 0 Å². The Bertz CT molecular complexity index is 670. The van der Waals surface area contributed by atoms with Gasteiger partial charge in [-0.25, -0.2) is 4.39 Å². The van der Waals surface area contributed by atoms with Gasteiger partial charge >= 0.3 is 0 Å². The van der Waals surface area contributed by atoms with E-state index in [-0.39, 0.29) is 23.8 Å². The lowest BCUT2D eigenvalue weighted by atomic mass is 10.1. The molecule has 0 bridgehead atoms. The fraction of sp³-hybridized carbons (Fsp3) is 0.125. The van der Waals surface area contributed by atoms with Gasteiger partial charge in [0.25, 0.3) is 0 Å². The van der Waals surface area contributed by atoms with Crippen LogP contribution < -0.4 is 4.74 Å². The second kappa shape index (κ2) is 6.99. The Labute approximate surface area is 126 Å². The second-order valence-corrected chi connectivity index (χ2v) is 4.81. The Hall–Kier alpha value is -2.20. The van der Waals surface area contributed by atoms with Crippen LogP contribution in [0.25, 0.3) is 0 Å². The third-order valence-corrected chi connectivity index (χ3v) is 3.12. The van der Waals surface area contributed by atoms with Crippen LogP contribution in [0.15, 0.2) is 42.5 Å². The lowest BCUT2D eigenvalue weighted by Crippen LogP contribution is -2.14. The SMILES string of the molecule is O=Cc1ccc(OCC(=O)Cc2ccccc2F)c(Cl)c1. The largest absolute Gasteiger partial charge is 0.484 e. The van der Waals surface area contributed by atoms with Crippen LogP contribution in [0.5, 0.6) is 5.75 Å². The number of benzene rings is 2. The van der Waals surface area contributed by atoms with Crippen LogP contribution in [0.1, 0.15) is 15.9 Å². The number of carbonyl (C=O) groups is 2. The number of Topliss-reactive ketones (excluding diaryl/α,β-unsaturated/α-hetero) is 1. The minimum Gasteiger partial charge on any atom is -0.484 e. The molecule has 2 aromatic rings. The van der Waals surface area contributed by atoms with Gasteiger partial charge in [0.2, 0.25) is 0 Å². The summed E-state index contributed by atoms with van der Waals surface area (Å²) in [4.78, 5) is 22.4. The minimum absolute atomic E-state index is 0.0449. The number of ketones is 1. The summed E-state index contributed by atoms with van der Waals surface area (Å²) in [5.74, 6) is -0.376. The van der Waals surface area contributed by atoms with Crippen LogP contribution >= 0.6 is 11.6 Å². The number of rotatable bonds is 6. The quantitative estimate of drug-likeness (QED) is 0.767. The van der Waals surface area contributed by atoms with E-state index in [4.69, 9.17) is 16.3 Å². The van der Waals surface area contributed by atoms with E-state index in [1.807, 2.05) is 0 Å². The maximum Gasteiger partial charge on any atom is 0.174 e. The van der Waals surface area contributed by atoms with Crippen molar-refractivity contribution in [3.05, 3.63) is 64.4 Å². The third-order valence-electron chi connectivity index (χ3n) is 2.83. The molecule has 3 nitrogen and oxygen atoms in total. The van der Waals surface area contributed by atoms with E-state index in [1.54, 1.807) is 18.2 Å². The standard InChI is InChI=1S/C16H12ClFO3/c17-14-7-11(9-19)5-6-16(14)21-10-13(20)8-12-3-1-2-4-15(12)18/h1-7,9H,8,10H2. The molecule has 0 aliphatic rings. The Balaban J connectivity index is 1.95. The zero-order chi connectivity index (χ0) is 15.2. The van der Waals surface area contributed by atoms with Crippen molar-refractivity contribution in [2.45, 2.75) is 6.42 Å². The van der Waals surface area contributed by atoms with Crippen molar-refractivity contribution >= 4 is 23.7 Å². The van der Waals surface area contributed by atoms with Crippen LogP contribution in [0.4, 0.5) is 4.39 Å². The van der Waals surface area contributed by atoms with Crippen molar-refractivity contribution in [2.24, 2.45) is 0 Å². The molecular weight excluding hydrogens is 295 g/mol. The molecule has 0 aromatic heterocycles. The molecule has 2 rings (SSSR count). The van der Waals surface area contributed by atoms with Crippen molar-refractivity contribution in [1.82, 2.24) is 0 Å². The molecule has 0 saturated carbocycles. The Morgan fingerprint density at radius 1 is 1.24 bits per heavy atom. The third kappa shape index (κ3) is 4.13. The van der Waals surface area contributed by atoms with E-state index in [2.05, 4.69) is 0 Å². The summed E-state index contributed by atoms with van der Waals surface area (Å²) in [6.45, 7) is -0.214. The van der Waals surface area contributed by atoms with Gasteiger partial charge in [0.05, 0.1) is 5.02 Å². The molecule has 0 heterocycles. The normalized spacial score (nSPS) is 10.2. The molecule has 0 aliphatic heterocycles. The summed E-state index contributed by atoms with van der Waals surface area (Å²) >= 11 is 5.92. The molecule has 108 valence electrons. The minimum atomic E-state index is -0.417. The highest BCUT2D eigenvalue weighted by atomic mass is 35.5. The van der Waals surface area contributed by atoms with Crippen molar-refractivity contribution in [1.29, 1.82) is 0 Å².